The number of nitrogen functional groups attached to an aromatic ring is 1. The highest BCUT2D eigenvalue weighted by molar-refractivity contribution is 5.91. The van der Waals surface area contributed by atoms with Crippen LogP contribution in [0.3, 0.4) is 0 Å². The molecule has 100 valence electrons. The van der Waals surface area contributed by atoms with E-state index in [0.717, 1.165) is 0 Å². The van der Waals surface area contributed by atoms with Gasteiger partial charge < -0.3 is 14.5 Å². The summed E-state index contributed by atoms with van der Waals surface area (Å²) in [5.74, 6) is 4.51. The second kappa shape index (κ2) is 4.86. The van der Waals surface area contributed by atoms with Crippen LogP contribution in [0.4, 0.5) is 5.95 Å². The van der Waals surface area contributed by atoms with E-state index in [0.29, 0.717) is 11.3 Å². The third-order valence-corrected chi connectivity index (χ3v) is 2.40. The zero-order valence-electron chi connectivity index (χ0n) is 9.86. The van der Waals surface area contributed by atoms with Gasteiger partial charge in [0.15, 0.2) is 5.76 Å². The standard InChI is InChI=1S/C9H10N6O4/c1-5-6(2-7(19-5)8(16)12-10)3-14-4-11-9(13-14)15(17)18/h2,4H,3,10H2,1H3,(H,12,16). The van der Waals surface area contributed by atoms with Crippen LogP contribution in [0.5, 0.6) is 0 Å². The summed E-state index contributed by atoms with van der Waals surface area (Å²) in [4.78, 5) is 24.6. The summed E-state index contributed by atoms with van der Waals surface area (Å²) in [6, 6.07) is 1.49. The maximum atomic E-state index is 11.3. The van der Waals surface area contributed by atoms with Crippen LogP contribution in [0.2, 0.25) is 0 Å². The first-order valence-electron chi connectivity index (χ1n) is 5.15. The van der Waals surface area contributed by atoms with Crippen LogP contribution in [-0.2, 0) is 6.54 Å². The van der Waals surface area contributed by atoms with Gasteiger partial charge in [-0.15, -0.1) is 0 Å². The summed E-state index contributed by atoms with van der Waals surface area (Å²) in [5, 5.41) is 14.1. The lowest BCUT2D eigenvalue weighted by molar-refractivity contribution is -0.394. The third kappa shape index (κ3) is 2.57. The van der Waals surface area contributed by atoms with Crippen LogP contribution in [0.25, 0.3) is 0 Å². The summed E-state index contributed by atoms with van der Waals surface area (Å²) in [6.07, 6.45) is 1.23. The Morgan fingerprint density at radius 1 is 1.68 bits per heavy atom. The Labute approximate surface area is 106 Å². The molecule has 0 unspecified atom stereocenters. The van der Waals surface area contributed by atoms with E-state index in [1.54, 1.807) is 6.92 Å². The van der Waals surface area contributed by atoms with Crippen LogP contribution in [0.15, 0.2) is 16.8 Å². The van der Waals surface area contributed by atoms with Crippen molar-refractivity contribution in [2.75, 3.05) is 0 Å². The van der Waals surface area contributed by atoms with Crippen molar-refractivity contribution in [3.05, 3.63) is 39.6 Å². The van der Waals surface area contributed by atoms with Crippen LogP contribution in [0.1, 0.15) is 21.9 Å². The summed E-state index contributed by atoms with van der Waals surface area (Å²) in [6.45, 7) is 1.86. The lowest BCUT2D eigenvalue weighted by Crippen LogP contribution is -2.29. The molecule has 10 nitrogen and oxygen atoms in total. The number of hydrazine groups is 1. The van der Waals surface area contributed by atoms with E-state index >= 15 is 0 Å². The number of nitrogens with zero attached hydrogens (tertiary/aromatic N) is 4. The van der Waals surface area contributed by atoms with Crippen molar-refractivity contribution < 1.29 is 14.1 Å². The van der Waals surface area contributed by atoms with E-state index < -0.39 is 16.8 Å². The summed E-state index contributed by atoms with van der Waals surface area (Å²) >= 11 is 0. The molecule has 0 aliphatic heterocycles. The topological polar surface area (TPSA) is 142 Å². The van der Waals surface area contributed by atoms with Crippen LogP contribution >= 0.6 is 0 Å². The Morgan fingerprint density at radius 2 is 2.42 bits per heavy atom. The first-order chi connectivity index (χ1) is 9.01. The Morgan fingerprint density at radius 3 is 3.00 bits per heavy atom. The van der Waals surface area contributed by atoms with E-state index in [1.807, 2.05) is 5.43 Å². The molecular formula is C9H10N6O4. The third-order valence-electron chi connectivity index (χ3n) is 2.40. The molecule has 0 aromatic carbocycles. The van der Waals surface area contributed by atoms with Gasteiger partial charge in [0.05, 0.1) is 6.54 Å². The van der Waals surface area contributed by atoms with Gasteiger partial charge in [-0.3, -0.25) is 10.2 Å². The molecule has 0 radical (unpaired) electrons. The van der Waals surface area contributed by atoms with Gasteiger partial charge >= 0.3 is 11.9 Å². The van der Waals surface area contributed by atoms with Crippen LogP contribution in [0, 0.1) is 17.0 Å². The first-order valence-corrected chi connectivity index (χ1v) is 5.15. The molecule has 0 saturated carbocycles. The van der Waals surface area contributed by atoms with E-state index in [2.05, 4.69) is 10.1 Å². The van der Waals surface area contributed by atoms with Crippen molar-refractivity contribution >= 4 is 11.9 Å². The lowest BCUT2D eigenvalue weighted by Gasteiger charge is -1.93. The van der Waals surface area contributed by atoms with E-state index in [4.69, 9.17) is 10.3 Å². The highest BCUT2D eigenvalue weighted by atomic mass is 16.6. The van der Waals surface area contributed by atoms with Gasteiger partial charge in [0.2, 0.25) is 6.33 Å². The number of carbonyl (C=O) groups is 1. The molecule has 0 fully saturated rings. The maximum Gasteiger partial charge on any atom is 0.490 e. The fraction of sp³-hybridized carbons (Fsp3) is 0.222. The number of nitrogens with one attached hydrogen (secondary N) is 1. The minimum absolute atomic E-state index is 0.0598. The number of nitro groups is 1. The molecule has 2 rings (SSSR count). The number of rotatable bonds is 4. The molecule has 0 saturated heterocycles. The lowest BCUT2D eigenvalue weighted by atomic mass is 10.2. The van der Waals surface area contributed by atoms with Crippen molar-refractivity contribution in [2.24, 2.45) is 5.84 Å². The zero-order chi connectivity index (χ0) is 14.0. The minimum Gasteiger partial charge on any atom is -0.456 e. The number of carbonyl (C=O) groups excluding carboxylic acids is 1. The highest BCUT2D eigenvalue weighted by Gasteiger charge is 2.17. The molecule has 0 aliphatic carbocycles. The van der Waals surface area contributed by atoms with Gasteiger partial charge in [-0.05, 0) is 17.9 Å². The average molecular weight is 266 g/mol. The molecule has 2 aromatic rings. The molecule has 0 bridgehead atoms. The number of aryl methyl sites for hydroxylation is 1. The Hall–Kier alpha value is -2.75. The predicted octanol–water partition coefficient (Wildman–Crippen LogP) is -0.260. The molecule has 2 aromatic heterocycles. The number of nitrogens with two attached hydrogens (primary N) is 1. The molecular weight excluding hydrogens is 256 g/mol. The number of hydrogen-bond acceptors (Lipinski definition) is 7. The number of furan rings is 1. The van der Waals surface area contributed by atoms with Crippen molar-refractivity contribution in [2.45, 2.75) is 13.5 Å². The number of aromatic nitrogens is 3. The SMILES string of the molecule is Cc1oc(C(=O)NN)cc1Cn1cnc([N+](=O)[O-])n1. The van der Waals surface area contributed by atoms with Gasteiger partial charge in [-0.25, -0.2) is 5.84 Å². The van der Waals surface area contributed by atoms with Crippen molar-refractivity contribution in [3.8, 4) is 0 Å². The van der Waals surface area contributed by atoms with E-state index in [9.17, 15) is 14.9 Å². The molecule has 1 amide bonds. The zero-order valence-corrected chi connectivity index (χ0v) is 9.86. The van der Waals surface area contributed by atoms with Gasteiger partial charge in [0.1, 0.15) is 5.76 Å². The monoisotopic (exact) mass is 266 g/mol. The number of amides is 1. The van der Waals surface area contributed by atoms with Gasteiger partial charge in [0, 0.05) is 10.7 Å². The fourth-order valence-electron chi connectivity index (χ4n) is 1.48. The smallest absolute Gasteiger partial charge is 0.456 e. The maximum absolute atomic E-state index is 11.3. The summed E-state index contributed by atoms with van der Waals surface area (Å²) < 4.78 is 6.48. The molecule has 0 spiro atoms. The summed E-state index contributed by atoms with van der Waals surface area (Å²) in [7, 11) is 0. The van der Waals surface area contributed by atoms with Gasteiger partial charge in [-0.2, -0.15) is 4.68 Å². The number of hydrogen-bond donors (Lipinski definition) is 2. The predicted molar refractivity (Wildman–Crippen MR) is 60.9 cm³/mol. The second-order valence-electron chi connectivity index (χ2n) is 3.66. The van der Waals surface area contributed by atoms with E-state index in [-0.39, 0.29) is 12.3 Å². The molecule has 0 aliphatic rings. The van der Waals surface area contributed by atoms with Crippen LogP contribution < -0.4 is 11.3 Å². The average Bonchev–Trinajstić information content (AvgIpc) is 2.97. The molecule has 3 N–H and O–H groups in total. The highest BCUT2D eigenvalue weighted by Crippen LogP contribution is 2.16. The molecule has 10 heteroatoms. The van der Waals surface area contributed by atoms with Crippen molar-refractivity contribution in [3.63, 3.8) is 0 Å². The second-order valence-corrected chi connectivity index (χ2v) is 3.66. The van der Waals surface area contributed by atoms with Gasteiger partial charge in [0.25, 0.3) is 0 Å². The van der Waals surface area contributed by atoms with Crippen molar-refractivity contribution in [1.29, 1.82) is 0 Å². The van der Waals surface area contributed by atoms with Crippen LogP contribution in [-0.4, -0.2) is 25.6 Å². The molecule has 19 heavy (non-hydrogen) atoms. The largest absolute Gasteiger partial charge is 0.490 e. The Kier molecular flexibility index (Phi) is 3.25. The van der Waals surface area contributed by atoms with Gasteiger partial charge in [-0.1, -0.05) is 4.98 Å². The minimum atomic E-state index is -0.688. The normalized spacial score (nSPS) is 10.4. The Bertz CT molecular complexity index is 630. The molecule has 2 heterocycles. The quantitative estimate of drug-likeness (QED) is 0.336. The van der Waals surface area contributed by atoms with E-state index in [1.165, 1.54) is 17.1 Å². The Balaban J connectivity index is 2.20. The van der Waals surface area contributed by atoms with Crippen molar-refractivity contribution in [1.82, 2.24) is 20.2 Å². The molecule has 0 atom stereocenters. The fourth-order valence-corrected chi connectivity index (χ4v) is 1.48. The first kappa shape index (κ1) is 12.7. The summed E-state index contributed by atoms with van der Waals surface area (Å²) in [5.41, 5.74) is 2.60.